The molecule has 4 heteroatoms. The predicted octanol–water partition coefficient (Wildman–Crippen LogP) is 2.05. The molecule has 1 unspecified atom stereocenters. The highest BCUT2D eigenvalue weighted by molar-refractivity contribution is 5.79. The molecule has 0 radical (unpaired) electrons. The van der Waals surface area contributed by atoms with Gasteiger partial charge in [0.2, 0.25) is 5.91 Å². The Morgan fingerprint density at radius 1 is 0.810 bits per heavy atom. The summed E-state index contributed by atoms with van der Waals surface area (Å²) in [7, 11) is 0. The highest BCUT2D eigenvalue weighted by Gasteiger charge is 2.37. The summed E-state index contributed by atoms with van der Waals surface area (Å²) in [5.41, 5.74) is 0.394. The number of amides is 1. The van der Waals surface area contributed by atoms with E-state index in [2.05, 4.69) is 56.2 Å². The highest BCUT2D eigenvalue weighted by atomic mass is 16.2. The van der Waals surface area contributed by atoms with Gasteiger partial charge in [0.1, 0.15) is 0 Å². The minimum absolute atomic E-state index is 0.181. The number of nitrogens with zero attached hydrogens (tertiary/aromatic N) is 3. The van der Waals surface area contributed by atoms with Crippen molar-refractivity contribution in [2.45, 2.75) is 59.0 Å². The van der Waals surface area contributed by atoms with Crippen molar-refractivity contribution in [1.82, 2.24) is 14.7 Å². The molecule has 0 N–H and O–H groups in total. The molecule has 2 heterocycles. The third-order valence-corrected chi connectivity index (χ3v) is 5.03. The minimum Gasteiger partial charge on any atom is -0.340 e. The summed E-state index contributed by atoms with van der Waals surface area (Å²) < 4.78 is 0. The molecule has 122 valence electrons. The Morgan fingerprint density at radius 3 is 1.76 bits per heavy atom. The van der Waals surface area contributed by atoms with Gasteiger partial charge in [0.05, 0.1) is 5.92 Å². The predicted molar refractivity (Wildman–Crippen MR) is 87.3 cm³/mol. The van der Waals surface area contributed by atoms with Crippen LogP contribution in [0.4, 0.5) is 0 Å². The number of rotatable bonds is 1. The molecule has 0 spiro atoms. The number of carbonyl (C=O) groups is 1. The van der Waals surface area contributed by atoms with Crippen LogP contribution in [0, 0.1) is 5.92 Å². The average molecular weight is 295 g/mol. The smallest absolute Gasteiger partial charge is 0.227 e. The number of piperazine rings is 1. The fourth-order valence-corrected chi connectivity index (χ4v) is 3.43. The fraction of sp³-hybridized carbons (Fsp3) is 0.941. The Kier molecular flexibility index (Phi) is 4.69. The van der Waals surface area contributed by atoms with Gasteiger partial charge in [-0.3, -0.25) is 14.6 Å². The van der Waals surface area contributed by atoms with E-state index in [-0.39, 0.29) is 17.0 Å². The second-order valence-corrected chi connectivity index (χ2v) is 8.59. The van der Waals surface area contributed by atoms with Crippen molar-refractivity contribution >= 4 is 5.91 Å². The number of carbonyl (C=O) groups excluding carboxylic acids is 1. The van der Waals surface area contributed by atoms with E-state index in [0.717, 1.165) is 45.7 Å². The first-order valence-corrected chi connectivity index (χ1v) is 8.38. The topological polar surface area (TPSA) is 26.8 Å². The van der Waals surface area contributed by atoms with Crippen LogP contribution >= 0.6 is 0 Å². The third-order valence-electron chi connectivity index (χ3n) is 5.03. The van der Waals surface area contributed by atoms with Gasteiger partial charge in [0.15, 0.2) is 0 Å². The molecule has 0 aromatic heterocycles. The summed E-state index contributed by atoms with van der Waals surface area (Å²) in [5, 5.41) is 0. The summed E-state index contributed by atoms with van der Waals surface area (Å²) in [6.07, 6.45) is 1.02. The third kappa shape index (κ3) is 3.98. The van der Waals surface area contributed by atoms with Crippen molar-refractivity contribution in [2.24, 2.45) is 5.92 Å². The second kappa shape index (κ2) is 5.88. The Morgan fingerprint density at radius 2 is 1.33 bits per heavy atom. The molecule has 0 aromatic rings. The lowest BCUT2D eigenvalue weighted by Gasteiger charge is -2.42. The molecule has 0 aromatic carbocycles. The molecule has 2 saturated heterocycles. The van der Waals surface area contributed by atoms with Crippen LogP contribution in [0.25, 0.3) is 0 Å². The Balaban J connectivity index is 1.86. The normalized spacial score (nSPS) is 26.4. The van der Waals surface area contributed by atoms with Crippen LogP contribution in [0.5, 0.6) is 0 Å². The lowest BCUT2D eigenvalue weighted by atomic mass is 10.0. The Hall–Kier alpha value is -0.610. The van der Waals surface area contributed by atoms with Gasteiger partial charge in [-0.25, -0.2) is 0 Å². The van der Waals surface area contributed by atoms with Crippen molar-refractivity contribution in [1.29, 1.82) is 0 Å². The maximum absolute atomic E-state index is 12.7. The van der Waals surface area contributed by atoms with Crippen molar-refractivity contribution in [2.75, 3.05) is 39.3 Å². The molecule has 2 aliphatic heterocycles. The molecule has 4 nitrogen and oxygen atoms in total. The van der Waals surface area contributed by atoms with Crippen LogP contribution in [0.1, 0.15) is 48.0 Å². The Bertz CT molecular complexity index is 372. The molecule has 1 amide bonds. The lowest BCUT2D eigenvalue weighted by Crippen LogP contribution is -2.55. The van der Waals surface area contributed by atoms with Crippen molar-refractivity contribution in [3.8, 4) is 0 Å². The van der Waals surface area contributed by atoms with E-state index < -0.39 is 0 Å². The van der Waals surface area contributed by atoms with Crippen LogP contribution in [-0.4, -0.2) is 71.0 Å². The zero-order valence-electron chi connectivity index (χ0n) is 14.8. The molecule has 21 heavy (non-hydrogen) atoms. The van der Waals surface area contributed by atoms with Crippen molar-refractivity contribution in [3.63, 3.8) is 0 Å². The molecule has 0 aliphatic carbocycles. The van der Waals surface area contributed by atoms with Crippen LogP contribution in [0.2, 0.25) is 0 Å². The maximum Gasteiger partial charge on any atom is 0.227 e. The Labute approximate surface area is 130 Å². The van der Waals surface area contributed by atoms with Gasteiger partial charge >= 0.3 is 0 Å². The zero-order valence-corrected chi connectivity index (χ0v) is 14.8. The fourth-order valence-electron chi connectivity index (χ4n) is 3.43. The first-order valence-electron chi connectivity index (χ1n) is 8.38. The molecule has 2 fully saturated rings. The molecule has 0 bridgehead atoms. The standard InChI is InChI=1S/C17H33N3O/c1-16(2,3)19-11-9-18(10-12-19)15(21)14-7-8-20(13-14)17(4,5)6/h14H,7-13H2,1-6H3. The van der Waals surface area contributed by atoms with E-state index in [0.29, 0.717) is 5.91 Å². The number of likely N-dealkylation sites (tertiary alicyclic amines) is 1. The van der Waals surface area contributed by atoms with Gasteiger partial charge in [-0.15, -0.1) is 0 Å². The van der Waals surface area contributed by atoms with Crippen LogP contribution in [0.3, 0.4) is 0 Å². The van der Waals surface area contributed by atoms with Gasteiger partial charge < -0.3 is 4.90 Å². The van der Waals surface area contributed by atoms with E-state index in [1.54, 1.807) is 0 Å². The average Bonchev–Trinajstić information content (AvgIpc) is 2.86. The van der Waals surface area contributed by atoms with Crippen LogP contribution in [0.15, 0.2) is 0 Å². The monoisotopic (exact) mass is 295 g/mol. The van der Waals surface area contributed by atoms with Gasteiger partial charge in [-0.05, 0) is 54.5 Å². The van der Waals surface area contributed by atoms with Crippen LogP contribution in [-0.2, 0) is 4.79 Å². The van der Waals surface area contributed by atoms with E-state index in [9.17, 15) is 4.79 Å². The molecule has 2 rings (SSSR count). The SMILES string of the molecule is CC(C)(C)N1CCN(C(=O)C2CCN(C(C)(C)C)C2)CC1. The quantitative estimate of drug-likeness (QED) is 0.741. The van der Waals surface area contributed by atoms with E-state index in [4.69, 9.17) is 0 Å². The van der Waals surface area contributed by atoms with Crippen LogP contribution < -0.4 is 0 Å². The van der Waals surface area contributed by atoms with Gasteiger partial charge in [0, 0.05) is 43.8 Å². The molecule has 1 atom stereocenters. The van der Waals surface area contributed by atoms with Crippen molar-refractivity contribution in [3.05, 3.63) is 0 Å². The molecular weight excluding hydrogens is 262 g/mol. The molecular formula is C17H33N3O. The first-order chi connectivity index (χ1) is 9.59. The first kappa shape index (κ1) is 16.8. The van der Waals surface area contributed by atoms with E-state index in [1.165, 1.54) is 0 Å². The summed E-state index contributed by atoms with van der Waals surface area (Å²) in [5.74, 6) is 0.598. The van der Waals surface area contributed by atoms with E-state index >= 15 is 0 Å². The molecule has 2 aliphatic rings. The number of hydrogen-bond acceptors (Lipinski definition) is 3. The second-order valence-electron chi connectivity index (χ2n) is 8.59. The minimum atomic E-state index is 0.181. The number of hydrogen-bond donors (Lipinski definition) is 0. The summed E-state index contributed by atoms with van der Waals surface area (Å²) in [6, 6.07) is 0. The molecule has 0 saturated carbocycles. The summed E-state index contributed by atoms with van der Waals surface area (Å²) in [4.78, 5) is 19.7. The van der Waals surface area contributed by atoms with E-state index in [1.807, 2.05) is 0 Å². The van der Waals surface area contributed by atoms with Gasteiger partial charge in [-0.1, -0.05) is 0 Å². The summed E-state index contributed by atoms with van der Waals surface area (Å²) >= 11 is 0. The lowest BCUT2D eigenvalue weighted by molar-refractivity contribution is -0.137. The van der Waals surface area contributed by atoms with Gasteiger partial charge in [-0.2, -0.15) is 0 Å². The van der Waals surface area contributed by atoms with Crippen molar-refractivity contribution < 1.29 is 4.79 Å². The highest BCUT2D eigenvalue weighted by Crippen LogP contribution is 2.26. The van der Waals surface area contributed by atoms with Gasteiger partial charge in [0.25, 0.3) is 0 Å². The maximum atomic E-state index is 12.7. The zero-order chi connectivity index (χ0) is 15.8. The largest absolute Gasteiger partial charge is 0.340 e. The summed E-state index contributed by atoms with van der Waals surface area (Å²) in [6.45, 7) is 19.3.